The molecule has 130 valence electrons. The maximum Gasteiger partial charge on any atom is 0.255 e. The summed E-state index contributed by atoms with van der Waals surface area (Å²) in [4.78, 5) is 20.1. The maximum absolute atomic E-state index is 12.7. The lowest BCUT2D eigenvalue weighted by Crippen LogP contribution is -2.26. The summed E-state index contributed by atoms with van der Waals surface area (Å²) in [6.45, 7) is 4.68. The van der Waals surface area contributed by atoms with Crippen molar-refractivity contribution in [1.82, 2.24) is 19.7 Å². The van der Waals surface area contributed by atoms with Crippen molar-refractivity contribution < 1.29 is 4.79 Å². The fraction of sp³-hybridized carbons (Fsp3) is 0.316. The number of rotatable bonds is 5. The Bertz CT molecular complexity index is 886. The fourth-order valence-electron chi connectivity index (χ4n) is 2.73. The van der Waals surface area contributed by atoms with Crippen LogP contribution in [0.1, 0.15) is 35.8 Å². The van der Waals surface area contributed by atoms with Crippen molar-refractivity contribution >= 4 is 28.7 Å². The topological polar surface area (TPSA) is 51.0 Å². The molecule has 0 saturated carbocycles. The zero-order chi connectivity index (χ0) is 18.0. The summed E-state index contributed by atoms with van der Waals surface area (Å²) in [5.41, 5.74) is 2.50. The molecule has 0 radical (unpaired) electrons. The van der Waals surface area contributed by atoms with Gasteiger partial charge in [-0.25, -0.2) is 9.67 Å². The molecule has 6 heteroatoms. The van der Waals surface area contributed by atoms with Gasteiger partial charge in [-0.3, -0.25) is 4.79 Å². The van der Waals surface area contributed by atoms with E-state index in [0.717, 1.165) is 16.6 Å². The van der Waals surface area contributed by atoms with E-state index in [1.165, 1.54) is 4.90 Å². The number of hydrogen-bond donors (Lipinski definition) is 0. The minimum absolute atomic E-state index is 0.0411. The van der Waals surface area contributed by atoms with Gasteiger partial charge < -0.3 is 4.90 Å². The number of benzene rings is 1. The summed E-state index contributed by atoms with van der Waals surface area (Å²) in [7, 11) is 1.81. The third-order valence-corrected chi connectivity index (χ3v) is 4.84. The van der Waals surface area contributed by atoms with Crippen molar-refractivity contribution in [3.05, 3.63) is 53.9 Å². The molecule has 0 aliphatic carbocycles. The summed E-state index contributed by atoms with van der Waals surface area (Å²) in [5.74, 6) is -0.0411. The van der Waals surface area contributed by atoms with Crippen LogP contribution in [0.4, 0.5) is 0 Å². The van der Waals surface area contributed by atoms with Crippen LogP contribution in [-0.4, -0.2) is 38.9 Å². The number of amides is 1. The van der Waals surface area contributed by atoms with E-state index in [9.17, 15) is 4.79 Å². The van der Waals surface area contributed by atoms with Crippen LogP contribution in [0.15, 0.2) is 47.6 Å². The number of thioether (sulfide) groups is 1. The van der Waals surface area contributed by atoms with Crippen LogP contribution in [0.25, 0.3) is 11.0 Å². The molecule has 0 atom stereocenters. The highest BCUT2D eigenvalue weighted by molar-refractivity contribution is 7.98. The molecule has 5 nitrogen and oxygen atoms in total. The molecular weight excluding hydrogens is 332 g/mol. The summed E-state index contributed by atoms with van der Waals surface area (Å²) < 4.78 is 1.86. The Kier molecular flexibility index (Phi) is 5.08. The molecule has 0 bridgehead atoms. The van der Waals surface area contributed by atoms with Crippen LogP contribution in [0.5, 0.6) is 0 Å². The Morgan fingerprint density at radius 3 is 2.60 bits per heavy atom. The van der Waals surface area contributed by atoms with Crippen molar-refractivity contribution in [3.8, 4) is 0 Å². The Labute approximate surface area is 152 Å². The predicted molar refractivity (Wildman–Crippen MR) is 102 cm³/mol. The molecular formula is C19H22N4OS. The molecule has 0 fully saturated rings. The van der Waals surface area contributed by atoms with Crippen molar-refractivity contribution in [2.24, 2.45) is 0 Å². The monoisotopic (exact) mass is 354 g/mol. The van der Waals surface area contributed by atoms with Gasteiger partial charge in [-0.05, 0) is 43.9 Å². The van der Waals surface area contributed by atoms with Gasteiger partial charge in [0.1, 0.15) is 0 Å². The SMILES string of the molecule is CSc1ccc(CN(C)C(=O)c2cnc3c(cnn3C(C)C)c2)cc1. The second kappa shape index (κ2) is 7.27. The highest BCUT2D eigenvalue weighted by atomic mass is 32.2. The van der Waals surface area contributed by atoms with Crippen molar-refractivity contribution in [2.75, 3.05) is 13.3 Å². The second-order valence-corrected chi connectivity index (χ2v) is 7.21. The highest BCUT2D eigenvalue weighted by Gasteiger charge is 2.15. The second-order valence-electron chi connectivity index (χ2n) is 6.33. The van der Waals surface area contributed by atoms with Crippen LogP contribution in [0.3, 0.4) is 0 Å². The van der Waals surface area contributed by atoms with E-state index in [-0.39, 0.29) is 11.9 Å². The average Bonchev–Trinajstić information content (AvgIpc) is 3.05. The summed E-state index contributed by atoms with van der Waals surface area (Å²) in [6, 6.07) is 10.4. The number of hydrogen-bond acceptors (Lipinski definition) is 4. The van der Waals surface area contributed by atoms with Gasteiger partial charge in [0.25, 0.3) is 5.91 Å². The predicted octanol–water partition coefficient (Wildman–Crippen LogP) is 4.01. The lowest BCUT2D eigenvalue weighted by molar-refractivity contribution is 0.0785. The first-order chi connectivity index (χ1) is 12.0. The first-order valence-electron chi connectivity index (χ1n) is 8.21. The van der Waals surface area contributed by atoms with E-state index in [1.54, 1.807) is 29.1 Å². The van der Waals surface area contributed by atoms with Gasteiger partial charge >= 0.3 is 0 Å². The van der Waals surface area contributed by atoms with Gasteiger partial charge in [-0.1, -0.05) is 12.1 Å². The van der Waals surface area contributed by atoms with Crippen LogP contribution in [-0.2, 0) is 6.54 Å². The molecule has 0 saturated heterocycles. The average molecular weight is 354 g/mol. The molecule has 2 aromatic heterocycles. The first kappa shape index (κ1) is 17.5. The Morgan fingerprint density at radius 1 is 1.24 bits per heavy atom. The van der Waals surface area contributed by atoms with Crippen molar-refractivity contribution in [1.29, 1.82) is 0 Å². The van der Waals surface area contributed by atoms with E-state index >= 15 is 0 Å². The molecule has 1 amide bonds. The Balaban J connectivity index is 1.78. The standard InChI is InChI=1S/C19H22N4OS/c1-13(2)23-18-15(11-21-23)9-16(10-20-18)19(24)22(3)12-14-5-7-17(25-4)8-6-14/h5-11,13H,12H2,1-4H3. The lowest BCUT2D eigenvalue weighted by Gasteiger charge is -2.17. The molecule has 0 spiro atoms. The number of nitrogens with zero attached hydrogens (tertiary/aromatic N) is 4. The molecule has 1 aromatic carbocycles. The molecule has 3 rings (SSSR count). The largest absolute Gasteiger partial charge is 0.337 e. The van der Waals surface area contributed by atoms with Crippen molar-refractivity contribution in [2.45, 2.75) is 31.3 Å². The fourth-order valence-corrected chi connectivity index (χ4v) is 3.14. The molecule has 0 aliphatic heterocycles. The van der Waals surface area contributed by atoms with Gasteiger partial charge in [0.05, 0.1) is 11.8 Å². The molecule has 25 heavy (non-hydrogen) atoms. The van der Waals surface area contributed by atoms with Gasteiger partial charge in [0.2, 0.25) is 0 Å². The Morgan fingerprint density at radius 2 is 1.96 bits per heavy atom. The summed E-state index contributed by atoms with van der Waals surface area (Å²) in [5, 5.41) is 5.24. The van der Waals surface area contributed by atoms with Gasteiger partial charge in [0, 0.05) is 36.1 Å². The minimum atomic E-state index is -0.0411. The summed E-state index contributed by atoms with van der Waals surface area (Å²) >= 11 is 1.71. The van der Waals surface area contributed by atoms with Crippen LogP contribution < -0.4 is 0 Å². The number of pyridine rings is 1. The Hall–Kier alpha value is -2.34. The van der Waals surface area contributed by atoms with Crippen LogP contribution in [0, 0.1) is 0 Å². The number of fused-ring (bicyclic) bond motifs is 1. The zero-order valence-corrected chi connectivity index (χ0v) is 15.7. The van der Waals surface area contributed by atoms with Crippen molar-refractivity contribution in [3.63, 3.8) is 0 Å². The molecule has 0 N–H and O–H groups in total. The van der Waals surface area contributed by atoms with E-state index in [1.807, 2.05) is 17.8 Å². The van der Waals surface area contributed by atoms with Gasteiger partial charge in [-0.15, -0.1) is 11.8 Å². The number of aromatic nitrogens is 3. The minimum Gasteiger partial charge on any atom is -0.337 e. The third-order valence-electron chi connectivity index (χ3n) is 4.09. The molecule has 3 aromatic rings. The zero-order valence-electron chi connectivity index (χ0n) is 14.9. The van der Waals surface area contributed by atoms with E-state index in [4.69, 9.17) is 0 Å². The van der Waals surface area contributed by atoms with Gasteiger partial charge in [0.15, 0.2) is 5.65 Å². The molecule has 2 heterocycles. The van der Waals surface area contributed by atoms with Crippen LogP contribution in [0.2, 0.25) is 0 Å². The quantitative estimate of drug-likeness (QED) is 0.650. The third kappa shape index (κ3) is 3.69. The summed E-state index contributed by atoms with van der Waals surface area (Å²) in [6.07, 6.45) is 5.45. The highest BCUT2D eigenvalue weighted by Crippen LogP contribution is 2.19. The number of carbonyl (C=O) groups is 1. The smallest absolute Gasteiger partial charge is 0.255 e. The first-order valence-corrected chi connectivity index (χ1v) is 9.43. The van der Waals surface area contributed by atoms with Crippen LogP contribution >= 0.6 is 11.8 Å². The maximum atomic E-state index is 12.7. The van der Waals surface area contributed by atoms with Gasteiger partial charge in [-0.2, -0.15) is 5.10 Å². The molecule has 0 aliphatic rings. The molecule has 0 unspecified atom stereocenters. The number of carbonyl (C=O) groups excluding carboxylic acids is 1. The van der Waals surface area contributed by atoms with E-state index in [2.05, 4.69) is 54.5 Å². The van der Waals surface area contributed by atoms with E-state index < -0.39 is 0 Å². The lowest BCUT2D eigenvalue weighted by atomic mass is 10.2. The van der Waals surface area contributed by atoms with E-state index in [0.29, 0.717) is 12.1 Å². The normalized spacial score (nSPS) is 11.2.